The monoisotopic (exact) mass is 112 g/mol. The van der Waals surface area contributed by atoms with E-state index in [0.717, 1.165) is 0 Å². The van der Waals surface area contributed by atoms with Gasteiger partial charge in [0.25, 0.3) is 0 Å². The number of hydrogen-bond acceptors (Lipinski definition) is 3. The van der Waals surface area contributed by atoms with Crippen LogP contribution in [0.2, 0.25) is 0 Å². The summed E-state index contributed by atoms with van der Waals surface area (Å²) in [6.45, 7) is 0.555. The minimum atomic E-state index is 0.0832. The van der Waals surface area contributed by atoms with Crippen molar-refractivity contribution in [2.24, 2.45) is 0 Å². The summed E-state index contributed by atoms with van der Waals surface area (Å²) < 4.78 is 1.44. The number of aliphatic hydroxyl groups excluding tert-OH is 1. The Bertz CT molecular complexity index is 137. The lowest BCUT2D eigenvalue weighted by molar-refractivity contribution is 0.268. The van der Waals surface area contributed by atoms with Crippen LogP contribution >= 0.6 is 0 Å². The molecular formula is C4H6N3O. The molecule has 0 aliphatic heterocycles. The fourth-order valence-corrected chi connectivity index (χ4v) is 0.409. The van der Waals surface area contributed by atoms with E-state index in [0.29, 0.717) is 6.54 Å². The predicted molar refractivity (Wildman–Crippen MR) is 25.9 cm³/mol. The summed E-state index contributed by atoms with van der Waals surface area (Å²) in [5.41, 5.74) is 0. The zero-order chi connectivity index (χ0) is 5.82. The van der Waals surface area contributed by atoms with E-state index in [1.165, 1.54) is 11.0 Å². The average Bonchev–Trinajstić information content (AvgIpc) is 2.19. The molecule has 1 heterocycles. The molecule has 1 radical (unpaired) electrons. The summed E-state index contributed by atoms with van der Waals surface area (Å²) in [7, 11) is 0. The molecule has 0 aromatic carbocycles. The van der Waals surface area contributed by atoms with Gasteiger partial charge in [-0.15, -0.1) is 0 Å². The van der Waals surface area contributed by atoms with Gasteiger partial charge in [-0.25, -0.2) is 9.67 Å². The Labute approximate surface area is 46.8 Å². The highest BCUT2D eigenvalue weighted by atomic mass is 16.3. The van der Waals surface area contributed by atoms with Crippen molar-refractivity contribution in [2.75, 3.05) is 6.61 Å². The standard InChI is InChI=1S/C4H6N3O/c8-2-1-7-4-5-3-6-7/h3,8H,1-2H2. The smallest absolute Gasteiger partial charge is 0.196 e. The molecule has 0 saturated heterocycles. The molecule has 0 bridgehead atoms. The van der Waals surface area contributed by atoms with Crippen LogP contribution in [0.15, 0.2) is 6.33 Å². The molecule has 0 fully saturated rings. The second kappa shape index (κ2) is 2.42. The predicted octanol–water partition coefficient (Wildman–Crippen LogP) is -0.929. The number of aromatic nitrogens is 3. The minimum Gasteiger partial charge on any atom is -0.394 e. The number of nitrogens with zero attached hydrogens (tertiary/aromatic N) is 3. The highest BCUT2D eigenvalue weighted by molar-refractivity contribution is 4.51. The maximum absolute atomic E-state index is 8.33. The molecule has 4 heteroatoms. The van der Waals surface area contributed by atoms with E-state index in [1.54, 1.807) is 0 Å². The summed E-state index contributed by atoms with van der Waals surface area (Å²) in [5, 5.41) is 12.0. The summed E-state index contributed by atoms with van der Waals surface area (Å²) in [5.74, 6) is 0. The van der Waals surface area contributed by atoms with E-state index in [2.05, 4.69) is 16.4 Å². The van der Waals surface area contributed by atoms with Gasteiger partial charge in [-0.05, 0) is 0 Å². The van der Waals surface area contributed by atoms with E-state index < -0.39 is 0 Å². The van der Waals surface area contributed by atoms with Crippen LogP contribution in [0.5, 0.6) is 0 Å². The van der Waals surface area contributed by atoms with E-state index in [9.17, 15) is 0 Å². The molecule has 0 atom stereocenters. The second-order valence-electron chi connectivity index (χ2n) is 1.31. The molecule has 0 aliphatic carbocycles. The Hall–Kier alpha value is -0.900. The number of hydrogen-bond donors (Lipinski definition) is 1. The first kappa shape index (κ1) is 5.24. The van der Waals surface area contributed by atoms with Crippen LogP contribution in [0.4, 0.5) is 0 Å². The van der Waals surface area contributed by atoms with Gasteiger partial charge in [0.05, 0.1) is 13.2 Å². The SMILES string of the molecule is OCCn1[c]ncn1. The summed E-state index contributed by atoms with van der Waals surface area (Å²) >= 11 is 0. The molecule has 1 aromatic rings. The first-order valence-corrected chi connectivity index (χ1v) is 2.30. The summed E-state index contributed by atoms with van der Waals surface area (Å²) in [6, 6.07) is 0. The lowest BCUT2D eigenvalue weighted by Gasteiger charge is -1.89. The van der Waals surface area contributed by atoms with Gasteiger partial charge in [-0.3, -0.25) is 0 Å². The van der Waals surface area contributed by atoms with Crippen molar-refractivity contribution in [2.45, 2.75) is 6.54 Å². The summed E-state index contributed by atoms with van der Waals surface area (Å²) in [4.78, 5) is 3.56. The molecule has 0 spiro atoms. The third kappa shape index (κ3) is 1.04. The van der Waals surface area contributed by atoms with Crippen LogP contribution in [0, 0.1) is 6.33 Å². The molecule has 1 N–H and O–H groups in total. The van der Waals surface area contributed by atoms with Gasteiger partial charge in [0, 0.05) is 0 Å². The molecule has 0 amide bonds. The molecule has 0 saturated carbocycles. The van der Waals surface area contributed by atoms with Gasteiger partial charge in [0.1, 0.15) is 6.33 Å². The van der Waals surface area contributed by atoms with Crippen molar-refractivity contribution in [1.29, 1.82) is 0 Å². The van der Waals surface area contributed by atoms with E-state index in [4.69, 9.17) is 5.11 Å². The lowest BCUT2D eigenvalue weighted by Crippen LogP contribution is -2.01. The fourth-order valence-electron chi connectivity index (χ4n) is 0.409. The van der Waals surface area contributed by atoms with Gasteiger partial charge in [0.15, 0.2) is 6.33 Å². The Morgan fingerprint density at radius 2 is 2.62 bits per heavy atom. The quantitative estimate of drug-likeness (QED) is 0.537. The van der Waals surface area contributed by atoms with Gasteiger partial charge in [0.2, 0.25) is 0 Å². The van der Waals surface area contributed by atoms with Crippen LogP contribution in [-0.4, -0.2) is 26.5 Å². The lowest BCUT2D eigenvalue weighted by atomic mass is 10.7. The number of rotatable bonds is 2. The highest BCUT2D eigenvalue weighted by Crippen LogP contribution is 1.74. The first-order chi connectivity index (χ1) is 3.93. The Balaban J connectivity index is 2.50. The Kier molecular flexibility index (Phi) is 1.58. The van der Waals surface area contributed by atoms with Gasteiger partial charge in [-0.2, -0.15) is 5.10 Å². The Morgan fingerprint density at radius 3 is 3.12 bits per heavy atom. The normalized spacial score (nSPS) is 9.62. The van der Waals surface area contributed by atoms with E-state index in [1.807, 2.05) is 0 Å². The topological polar surface area (TPSA) is 50.9 Å². The minimum absolute atomic E-state index is 0.0832. The van der Waals surface area contributed by atoms with Crippen LogP contribution in [0.25, 0.3) is 0 Å². The maximum atomic E-state index is 8.33. The molecule has 8 heavy (non-hydrogen) atoms. The van der Waals surface area contributed by atoms with Crippen LogP contribution in [0.1, 0.15) is 0 Å². The van der Waals surface area contributed by atoms with Crippen LogP contribution in [-0.2, 0) is 6.54 Å². The van der Waals surface area contributed by atoms with Crippen molar-refractivity contribution >= 4 is 0 Å². The van der Waals surface area contributed by atoms with Crippen molar-refractivity contribution < 1.29 is 5.11 Å². The molecule has 1 aromatic heterocycles. The highest BCUT2D eigenvalue weighted by Gasteiger charge is 1.85. The summed E-state index contributed by atoms with van der Waals surface area (Å²) in [6.07, 6.45) is 3.92. The Morgan fingerprint density at radius 1 is 1.75 bits per heavy atom. The average molecular weight is 112 g/mol. The largest absolute Gasteiger partial charge is 0.394 e. The fraction of sp³-hybridized carbons (Fsp3) is 0.500. The van der Waals surface area contributed by atoms with Gasteiger partial charge in [-0.1, -0.05) is 0 Å². The molecule has 4 nitrogen and oxygen atoms in total. The van der Waals surface area contributed by atoms with Gasteiger partial charge < -0.3 is 5.11 Å². The molecule has 43 valence electrons. The third-order valence-electron chi connectivity index (χ3n) is 0.734. The second-order valence-corrected chi connectivity index (χ2v) is 1.31. The molecule has 0 unspecified atom stereocenters. The molecular weight excluding hydrogens is 106 g/mol. The third-order valence-corrected chi connectivity index (χ3v) is 0.734. The molecule has 1 rings (SSSR count). The van der Waals surface area contributed by atoms with Crippen molar-refractivity contribution in [3.63, 3.8) is 0 Å². The molecule has 0 aliphatic rings. The number of aliphatic hydroxyl groups is 1. The zero-order valence-electron chi connectivity index (χ0n) is 4.28. The first-order valence-electron chi connectivity index (χ1n) is 2.30. The van der Waals surface area contributed by atoms with E-state index >= 15 is 0 Å². The van der Waals surface area contributed by atoms with Gasteiger partial charge >= 0.3 is 0 Å². The van der Waals surface area contributed by atoms with Crippen molar-refractivity contribution in [1.82, 2.24) is 14.8 Å². The van der Waals surface area contributed by atoms with Crippen molar-refractivity contribution in [3.8, 4) is 0 Å². The van der Waals surface area contributed by atoms with Crippen LogP contribution < -0.4 is 0 Å². The maximum Gasteiger partial charge on any atom is 0.196 e. The van der Waals surface area contributed by atoms with Crippen molar-refractivity contribution in [3.05, 3.63) is 12.7 Å². The van der Waals surface area contributed by atoms with E-state index in [-0.39, 0.29) is 6.61 Å². The zero-order valence-corrected chi connectivity index (χ0v) is 4.28. The van der Waals surface area contributed by atoms with Crippen LogP contribution in [0.3, 0.4) is 0 Å².